The molecule has 3 heterocycles. The minimum atomic E-state index is 0.215. The second kappa shape index (κ2) is 5.16. The van der Waals surface area contributed by atoms with Crippen LogP contribution in [0.15, 0.2) is 49.3 Å². The molecule has 1 atom stereocenters. The SMILES string of the molecule is CC(Cn1cccn1)n1cncc1-c1cccnc1N. The second-order valence-electron chi connectivity index (χ2n) is 4.70. The standard InChI is InChI=1S/C14H16N6/c1-11(9-19-7-3-6-18-19)20-10-16-8-13(20)12-4-2-5-17-14(12)15/h2-8,10-11H,9H2,1H3,(H2,15,17). The van der Waals surface area contributed by atoms with Crippen LogP contribution in [0.3, 0.4) is 0 Å². The van der Waals surface area contributed by atoms with Gasteiger partial charge in [-0.2, -0.15) is 5.10 Å². The summed E-state index contributed by atoms with van der Waals surface area (Å²) in [4.78, 5) is 8.37. The van der Waals surface area contributed by atoms with Crippen LogP contribution in [0, 0.1) is 0 Å². The molecule has 3 aromatic heterocycles. The Hall–Kier alpha value is -2.63. The van der Waals surface area contributed by atoms with E-state index in [2.05, 4.69) is 26.6 Å². The zero-order chi connectivity index (χ0) is 13.9. The van der Waals surface area contributed by atoms with Crippen molar-refractivity contribution >= 4 is 5.82 Å². The van der Waals surface area contributed by atoms with Crippen molar-refractivity contribution in [1.29, 1.82) is 0 Å². The summed E-state index contributed by atoms with van der Waals surface area (Å²) >= 11 is 0. The number of nitrogens with zero attached hydrogens (tertiary/aromatic N) is 5. The highest BCUT2D eigenvalue weighted by molar-refractivity contribution is 5.70. The highest BCUT2D eigenvalue weighted by Gasteiger charge is 2.14. The number of anilines is 1. The van der Waals surface area contributed by atoms with E-state index in [1.807, 2.05) is 41.6 Å². The first-order chi connectivity index (χ1) is 9.75. The average Bonchev–Trinajstić information content (AvgIpc) is 3.09. The third-order valence-corrected chi connectivity index (χ3v) is 3.27. The molecule has 2 N–H and O–H groups in total. The van der Waals surface area contributed by atoms with Gasteiger partial charge in [0.15, 0.2) is 0 Å². The summed E-state index contributed by atoms with van der Waals surface area (Å²) in [5, 5.41) is 4.23. The number of hydrogen-bond donors (Lipinski definition) is 1. The van der Waals surface area contributed by atoms with E-state index in [0.29, 0.717) is 5.82 Å². The van der Waals surface area contributed by atoms with Gasteiger partial charge in [-0.1, -0.05) is 0 Å². The number of rotatable bonds is 4. The van der Waals surface area contributed by atoms with Crippen LogP contribution in [0.25, 0.3) is 11.3 Å². The smallest absolute Gasteiger partial charge is 0.132 e. The molecule has 0 fully saturated rings. The van der Waals surface area contributed by atoms with Gasteiger partial charge < -0.3 is 10.3 Å². The molecule has 102 valence electrons. The number of aromatic nitrogens is 5. The molecule has 20 heavy (non-hydrogen) atoms. The van der Waals surface area contributed by atoms with Crippen molar-refractivity contribution in [3.05, 3.63) is 49.3 Å². The highest BCUT2D eigenvalue weighted by Crippen LogP contribution is 2.26. The van der Waals surface area contributed by atoms with Gasteiger partial charge in [0.05, 0.1) is 30.8 Å². The molecule has 0 saturated carbocycles. The predicted molar refractivity (Wildman–Crippen MR) is 76.8 cm³/mol. The van der Waals surface area contributed by atoms with Gasteiger partial charge in [-0.3, -0.25) is 4.68 Å². The van der Waals surface area contributed by atoms with E-state index in [-0.39, 0.29) is 6.04 Å². The quantitative estimate of drug-likeness (QED) is 0.785. The molecule has 0 aliphatic heterocycles. The lowest BCUT2D eigenvalue weighted by atomic mass is 10.2. The molecule has 0 aliphatic carbocycles. The summed E-state index contributed by atoms with van der Waals surface area (Å²) in [6, 6.07) is 5.96. The first-order valence-corrected chi connectivity index (χ1v) is 6.46. The Bertz CT molecular complexity index is 685. The number of nitrogen functional groups attached to an aromatic ring is 1. The molecule has 0 aromatic carbocycles. The highest BCUT2D eigenvalue weighted by atomic mass is 15.3. The fourth-order valence-corrected chi connectivity index (χ4v) is 2.27. The van der Waals surface area contributed by atoms with E-state index in [1.54, 1.807) is 12.4 Å². The normalized spacial score (nSPS) is 12.4. The largest absolute Gasteiger partial charge is 0.383 e. The Kier molecular flexibility index (Phi) is 3.20. The molecule has 0 spiro atoms. The summed E-state index contributed by atoms with van der Waals surface area (Å²) in [5.74, 6) is 0.514. The molecule has 6 heteroatoms. The molecule has 0 bridgehead atoms. The van der Waals surface area contributed by atoms with Crippen LogP contribution in [0.1, 0.15) is 13.0 Å². The van der Waals surface area contributed by atoms with Crippen LogP contribution < -0.4 is 5.73 Å². The first-order valence-electron chi connectivity index (χ1n) is 6.46. The van der Waals surface area contributed by atoms with Crippen LogP contribution in [0.4, 0.5) is 5.82 Å². The molecule has 0 aliphatic rings. The fourth-order valence-electron chi connectivity index (χ4n) is 2.27. The molecule has 3 rings (SSSR count). The molecule has 0 radical (unpaired) electrons. The zero-order valence-electron chi connectivity index (χ0n) is 11.2. The van der Waals surface area contributed by atoms with Crippen molar-refractivity contribution in [1.82, 2.24) is 24.3 Å². The van der Waals surface area contributed by atoms with Crippen LogP contribution >= 0.6 is 0 Å². The lowest BCUT2D eigenvalue weighted by Crippen LogP contribution is -2.14. The summed E-state index contributed by atoms with van der Waals surface area (Å²) < 4.78 is 4.00. The zero-order valence-corrected chi connectivity index (χ0v) is 11.2. The maximum atomic E-state index is 5.95. The molecule has 3 aromatic rings. The maximum absolute atomic E-state index is 5.95. The molecular weight excluding hydrogens is 252 g/mol. The lowest BCUT2D eigenvalue weighted by molar-refractivity contribution is 0.440. The maximum Gasteiger partial charge on any atom is 0.132 e. The molecule has 1 unspecified atom stereocenters. The Balaban J connectivity index is 1.92. The van der Waals surface area contributed by atoms with Crippen LogP contribution in [0.2, 0.25) is 0 Å². The summed E-state index contributed by atoms with van der Waals surface area (Å²) in [7, 11) is 0. The topological polar surface area (TPSA) is 74.5 Å². The Morgan fingerprint density at radius 2 is 2.20 bits per heavy atom. The van der Waals surface area contributed by atoms with Crippen LogP contribution in [-0.4, -0.2) is 24.3 Å². The van der Waals surface area contributed by atoms with Crippen molar-refractivity contribution in [2.75, 3.05) is 5.73 Å². The number of hydrogen-bond acceptors (Lipinski definition) is 4. The van der Waals surface area contributed by atoms with Gasteiger partial charge in [-0.15, -0.1) is 0 Å². The second-order valence-corrected chi connectivity index (χ2v) is 4.70. The summed E-state index contributed by atoms with van der Waals surface area (Å²) in [5.41, 5.74) is 7.82. The Morgan fingerprint density at radius 1 is 1.30 bits per heavy atom. The van der Waals surface area contributed by atoms with Gasteiger partial charge in [0.1, 0.15) is 5.82 Å². The van der Waals surface area contributed by atoms with Crippen LogP contribution in [-0.2, 0) is 6.54 Å². The predicted octanol–water partition coefficient (Wildman–Crippen LogP) is 1.98. The van der Waals surface area contributed by atoms with Gasteiger partial charge in [0, 0.05) is 24.2 Å². The minimum Gasteiger partial charge on any atom is -0.383 e. The van der Waals surface area contributed by atoms with Gasteiger partial charge in [-0.25, -0.2) is 9.97 Å². The van der Waals surface area contributed by atoms with Gasteiger partial charge in [-0.05, 0) is 25.1 Å². The first kappa shape index (κ1) is 12.4. The molecule has 0 saturated heterocycles. The lowest BCUT2D eigenvalue weighted by Gasteiger charge is -2.17. The Labute approximate surface area is 116 Å². The van der Waals surface area contributed by atoms with E-state index in [9.17, 15) is 0 Å². The Morgan fingerprint density at radius 3 is 2.95 bits per heavy atom. The minimum absolute atomic E-state index is 0.215. The van der Waals surface area contributed by atoms with Crippen molar-refractivity contribution < 1.29 is 0 Å². The van der Waals surface area contributed by atoms with E-state index in [4.69, 9.17) is 5.73 Å². The number of nitrogens with two attached hydrogens (primary N) is 1. The number of pyridine rings is 1. The van der Waals surface area contributed by atoms with Crippen molar-refractivity contribution in [3.8, 4) is 11.3 Å². The molecular formula is C14H16N6. The van der Waals surface area contributed by atoms with E-state index < -0.39 is 0 Å². The van der Waals surface area contributed by atoms with E-state index >= 15 is 0 Å². The third-order valence-electron chi connectivity index (χ3n) is 3.27. The van der Waals surface area contributed by atoms with E-state index in [0.717, 1.165) is 17.8 Å². The number of imidazole rings is 1. The van der Waals surface area contributed by atoms with Crippen LogP contribution in [0.5, 0.6) is 0 Å². The van der Waals surface area contributed by atoms with Gasteiger partial charge in [0.2, 0.25) is 0 Å². The summed E-state index contributed by atoms with van der Waals surface area (Å²) in [6.07, 6.45) is 9.04. The molecule has 0 amide bonds. The average molecular weight is 268 g/mol. The third kappa shape index (κ3) is 2.27. The summed E-state index contributed by atoms with van der Waals surface area (Å²) in [6.45, 7) is 2.90. The van der Waals surface area contributed by atoms with Crippen molar-refractivity contribution in [2.24, 2.45) is 0 Å². The monoisotopic (exact) mass is 268 g/mol. The fraction of sp³-hybridized carbons (Fsp3) is 0.214. The van der Waals surface area contributed by atoms with Gasteiger partial charge >= 0.3 is 0 Å². The van der Waals surface area contributed by atoms with Crippen molar-refractivity contribution in [2.45, 2.75) is 19.5 Å². The van der Waals surface area contributed by atoms with E-state index in [1.165, 1.54) is 0 Å². The van der Waals surface area contributed by atoms with Gasteiger partial charge in [0.25, 0.3) is 0 Å². The van der Waals surface area contributed by atoms with Crippen molar-refractivity contribution in [3.63, 3.8) is 0 Å². The molecule has 6 nitrogen and oxygen atoms in total.